The number of benzene rings is 3. The number of amides is 1. The Balaban J connectivity index is 1.52. The minimum atomic E-state index is -0.238. The van der Waals surface area contributed by atoms with E-state index in [0.29, 0.717) is 49.5 Å². The number of amidine groups is 1. The number of rotatable bonds is 6. The molecule has 4 rings (SSSR count). The lowest BCUT2D eigenvalue weighted by molar-refractivity contribution is -0.115. The Morgan fingerprint density at radius 3 is 2.52 bits per heavy atom. The van der Waals surface area contributed by atoms with Crippen molar-refractivity contribution in [2.24, 2.45) is 4.99 Å². The summed E-state index contributed by atoms with van der Waals surface area (Å²) in [6.45, 7) is 0.340. The highest BCUT2D eigenvalue weighted by Gasteiger charge is 2.24. The summed E-state index contributed by atoms with van der Waals surface area (Å²) < 4.78 is 12.4. The fraction of sp³-hybridized carbons (Fsp3) is 0.0833. The number of halogens is 3. The van der Waals surface area contributed by atoms with E-state index in [0.717, 1.165) is 10.0 Å². The molecule has 33 heavy (non-hydrogen) atoms. The average Bonchev–Trinajstić information content (AvgIpc) is 3.13. The van der Waals surface area contributed by atoms with Crippen LogP contribution in [-0.4, -0.2) is 18.2 Å². The topological polar surface area (TPSA) is 59.9 Å². The van der Waals surface area contributed by atoms with Gasteiger partial charge in [-0.3, -0.25) is 4.79 Å². The number of nitrogens with one attached hydrogen (secondary N) is 1. The van der Waals surface area contributed by atoms with E-state index in [9.17, 15) is 4.79 Å². The molecule has 3 aromatic carbocycles. The maximum atomic E-state index is 12.4. The van der Waals surface area contributed by atoms with Gasteiger partial charge in [-0.1, -0.05) is 51.3 Å². The average molecular weight is 564 g/mol. The molecule has 1 N–H and O–H groups in total. The van der Waals surface area contributed by atoms with Crippen LogP contribution < -0.4 is 14.8 Å². The third-order valence-corrected chi connectivity index (χ3v) is 6.53. The van der Waals surface area contributed by atoms with Gasteiger partial charge in [0.25, 0.3) is 5.91 Å². The van der Waals surface area contributed by atoms with Gasteiger partial charge >= 0.3 is 0 Å². The summed E-state index contributed by atoms with van der Waals surface area (Å²) >= 11 is 17.1. The second kappa shape index (κ2) is 10.7. The van der Waals surface area contributed by atoms with Crippen molar-refractivity contribution < 1.29 is 14.3 Å². The van der Waals surface area contributed by atoms with Crippen molar-refractivity contribution >= 4 is 73.7 Å². The molecular formula is C24H17BrCl2N2O3S. The fourth-order valence-corrected chi connectivity index (χ4v) is 4.47. The van der Waals surface area contributed by atoms with Gasteiger partial charge in [0.05, 0.1) is 22.7 Å². The molecule has 1 saturated heterocycles. The first kappa shape index (κ1) is 23.7. The first-order valence-corrected chi connectivity index (χ1v) is 12.1. The minimum Gasteiger partial charge on any atom is -0.493 e. The maximum absolute atomic E-state index is 12.4. The van der Waals surface area contributed by atoms with Gasteiger partial charge in [0.15, 0.2) is 16.7 Å². The second-order valence-corrected chi connectivity index (χ2v) is 9.70. The molecule has 1 fully saturated rings. The largest absolute Gasteiger partial charge is 0.493 e. The van der Waals surface area contributed by atoms with E-state index in [1.807, 2.05) is 24.3 Å². The zero-order valence-electron chi connectivity index (χ0n) is 17.3. The Labute approximate surface area is 213 Å². The molecule has 0 radical (unpaired) electrons. The van der Waals surface area contributed by atoms with Gasteiger partial charge in [0.1, 0.15) is 6.61 Å². The Morgan fingerprint density at radius 1 is 1.09 bits per heavy atom. The number of ether oxygens (including phenoxy) is 2. The van der Waals surface area contributed by atoms with Crippen LogP contribution in [0, 0.1) is 0 Å². The Morgan fingerprint density at radius 2 is 1.82 bits per heavy atom. The number of carbonyl (C=O) groups is 1. The van der Waals surface area contributed by atoms with E-state index < -0.39 is 0 Å². The van der Waals surface area contributed by atoms with Gasteiger partial charge in [-0.25, -0.2) is 4.99 Å². The predicted molar refractivity (Wildman–Crippen MR) is 139 cm³/mol. The molecule has 0 aliphatic carbocycles. The molecule has 0 atom stereocenters. The van der Waals surface area contributed by atoms with Gasteiger partial charge in [-0.2, -0.15) is 0 Å². The molecule has 5 nitrogen and oxygen atoms in total. The van der Waals surface area contributed by atoms with E-state index in [2.05, 4.69) is 26.2 Å². The quantitative estimate of drug-likeness (QED) is 0.321. The third kappa shape index (κ3) is 6.12. The standard InChI is InChI=1S/C24H17BrCl2N2O3S/c1-31-20-11-15(10-19(27)22(20)32-13-14-2-4-16(25)5-3-14)12-21-23(30)29-24(33-21)28-18-8-6-17(26)7-9-18/h2-12H,13H2,1H3,(H,28,29,30)/b21-12-. The number of hydrogen-bond donors (Lipinski definition) is 1. The van der Waals surface area contributed by atoms with Crippen LogP contribution in [0.1, 0.15) is 11.1 Å². The number of carbonyl (C=O) groups excluding carboxylic acids is 1. The number of nitrogens with zero attached hydrogens (tertiary/aromatic N) is 1. The second-order valence-electron chi connectivity index (χ2n) is 6.91. The highest BCUT2D eigenvalue weighted by molar-refractivity contribution is 9.10. The lowest BCUT2D eigenvalue weighted by Gasteiger charge is -2.13. The van der Waals surface area contributed by atoms with Gasteiger partial charge < -0.3 is 14.8 Å². The summed E-state index contributed by atoms with van der Waals surface area (Å²) in [5, 5.41) is 4.26. The Bertz CT molecular complexity index is 1250. The monoisotopic (exact) mass is 562 g/mol. The van der Waals surface area contributed by atoms with E-state index in [1.54, 1.807) is 49.6 Å². The lowest BCUT2D eigenvalue weighted by atomic mass is 10.1. The summed E-state index contributed by atoms with van der Waals surface area (Å²) in [6.07, 6.45) is 1.73. The van der Waals surface area contributed by atoms with Crippen LogP contribution in [0.15, 0.2) is 75.0 Å². The summed E-state index contributed by atoms with van der Waals surface area (Å²) in [6, 6.07) is 18.4. The summed E-state index contributed by atoms with van der Waals surface area (Å²) in [7, 11) is 1.54. The zero-order valence-corrected chi connectivity index (χ0v) is 21.2. The molecule has 1 heterocycles. The first-order valence-electron chi connectivity index (χ1n) is 9.71. The normalized spacial score (nSPS) is 15.7. The van der Waals surface area contributed by atoms with Crippen molar-refractivity contribution in [2.45, 2.75) is 6.61 Å². The van der Waals surface area contributed by atoms with Crippen LogP contribution in [0.5, 0.6) is 11.5 Å². The van der Waals surface area contributed by atoms with Gasteiger partial charge in [-0.15, -0.1) is 0 Å². The van der Waals surface area contributed by atoms with Gasteiger partial charge in [0.2, 0.25) is 0 Å². The molecule has 0 saturated carbocycles. The number of hydrogen-bond acceptors (Lipinski definition) is 5. The van der Waals surface area contributed by atoms with Crippen LogP contribution in [0.25, 0.3) is 6.08 Å². The van der Waals surface area contributed by atoms with E-state index in [4.69, 9.17) is 32.7 Å². The maximum Gasteiger partial charge on any atom is 0.264 e. The molecule has 0 unspecified atom stereocenters. The molecule has 168 valence electrons. The van der Waals surface area contributed by atoms with E-state index >= 15 is 0 Å². The zero-order chi connectivity index (χ0) is 23.4. The summed E-state index contributed by atoms with van der Waals surface area (Å²) in [4.78, 5) is 17.4. The first-order chi connectivity index (χ1) is 15.9. The number of aliphatic imine (C=N–C) groups is 1. The van der Waals surface area contributed by atoms with Gasteiger partial charge in [-0.05, 0) is 77.5 Å². The molecule has 1 aliphatic heterocycles. The summed E-state index contributed by atoms with van der Waals surface area (Å²) in [5.41, 5.74) is 2.40. The smallest absolute Gasteiger partial charge is 0.264 e. The third-order valence-electron chi connectivity index (χ3n) is 4.55. The highest BCUT2D eigenvalue weighted by atomic mass is 79.9. The van der Waals surface area contributed by atoms with E-state index in [-0.39, 0.29) is 5.91 Å². The molecule has 0 bridgehead atoms. The Hall–Kier alpha value is -2.45. The predicted octanol–water partition coefficient (Wildman–Crippen LogP) is 7.24. The van der Waals surface area contributed by atoms with Crippen molar-refractivity contribution in [2.75, 3.05) is 7.11 Å². The van der Waals surface area contributed by atoms with Crippen molar-refractivity contribution in [1.29, 1.82) is 0 Å². The molecule has 1 amide bonds. The minimum absolute atomic E-state index is 0.238. The molecule has 3 aromatic rings. The van der Waals surface area contributed by atoms with Crippen molar-refractivity contribution in [3.05, 3.63) is 91.2 Å². The number of methoxy groups -OCH3 is 1. The van der Waals surface area contributed by atoms with Crippen LogP contribution in [0.2, 0.25) is 10.0 Å². The number of thioether (sulfide) groups is 1. The van der Waals surface area contributed by atoms with Crippen LogP contribution in [0.4, 0.5) is 5.69 Å². The lowest BCUT2D eigenvalue weighted by Crippen LogP contribution is -2.19. The van der Waals surface area contributed by atoms with Crippen LogP contribution >= 0.6 is 50.9 Å². The molecule has 0 spiro atoms. The van der Waals surface area contributed by atoms with Crippen molar-refractivity contribution in [3.8, 4) is 11.5 Å². The summed E-state index contributed by atoms with van der Waals surface area (Å²) in [5.74, 6) is 0.682. The van der Waals surface area contributed by atoms with E-state index in [1.165, 1.54) is 11.8 Å². The molecule has 0 aromatic heterocycles. The SMILES string of the molecule is COc1cc(/C=C2\SC(=Nc3ccc(Cl)cc3)NC2=O)cc(Cl)c1OCc1ccc(Br)cc1. The Kier molecular flexibility index (Phi) is 7.65. The van der Waals surface area contributed by atoms with Crippen molar-refractivity contribution in [1.82, 2.24) is 5.32 Å². The molecular weight excluding hydrogens is 547 g/mol. The molecule has 9 heteroatoms. The van der Waals surface area contributed by atoms with Crippen LogP contribution in [0.3, 0.4) is 0 Å². The molecule has 1 aliphatic rings. The van der Waals surface area contributed by atoms with Gasteiger partial charge in [0, 0.05) is 9.50 Å². The van der Waals surface area contributed by atoms with Crippen LogP contribution in [-0.2, 0) is 11.4 Å². The highest BCUT2D eigenvalue weighted by Crippen LogP contribution is 2.38. The van der Waals surface area contributed by atoms with Crippen molar-refractivity contribution in [3.63, 3.8) is 0 Å². The fourth-order valence-electron chi connectivity index (χ4n) is 2.96.